The molecule has 5 aliphatic rings. The molecule has 0 unspecified atom stereocenters. The highest BCUT2D eigenvalue weighted by Gasteiger charge is 2.56. The maximum atomic E-state index is 14.2. The first-order chi connectivity index (χ1) is 14.1. The van der Waals surface area contributed by atoms with E-state index in [1.165, 1.54) is 30.4 Å². The summed E-state index contributed by atoms with van der Waals surface area (Å²) < 4.78 is 0. The van der Waals surface area contributed by atoms with Gasteiger partial charge in [0, 0.05) is 11.6 Å². The summed E-state index contributed by atoms with van der Waals surface area (Å²) in [6.07, 6.45) is 8.38. The normalized spacial score (nSPS) is 34.9. The molecule has 2 aromatic carbocycles. The predicted octanol–water partition coefficient (Wildman–Crippen LogP) is 6.03. The topological polar surface area (TPSA) is 20.3 Å². The van der Waals surface area contributed by atoms with Crippen LogP contribution >= 0.6 is 11.6 Å². The number of hydrogen-bond donors (Lipinski definition) is 0. The highest BCUT2D eigenvalue weighted by atomic mass is 35.5. The minimum atomic E-state index is -0.111. The summed E-state index contributed by atoms with van der Waals surface area (Å²) in [5.41, 5.74) is 3.57. The monoisotopic (exact) mass is 405 g/mol. The summed E-state index contributed by atoms with van der Waals surface area (Å²) in [5, 5.41) is 0.762. The van der Waals surface area contributed by atoms with Crippen LogP contribution in [0, 0.1) is 23.2 Å². The first kappa shape index (κ1) is 18.0. The van der Waals surface area contributed by atoms with Crippen molar-refractivity contribution in [2.75, 3.05) is 6.54 Å². The van der Waals surface area contributed by atoms with Crippen molar-refractivity contribution in [2.24, 2.45) is 23.2 Å². The van der Waals surface area contributed by atoms with Crippen LogP contribution in [0.25, 0.3) is 0 Å². The van der Waals surface area contributed by atoms with Crippen LogP contribution in [-0.2, 0) is 11.2 Å². The Bertz CT molecular complexity index is 931. The molecule has 4 bridgehead atoms. The van der Waals surface area contributed by atoms with Gasteiger partial charge in [0.25, 0.3) is 0 Å². The van der Waals surface area contributed by atoms with E-state index in [1.54, 1.807) is 0 Å². The van der Waals surface area contributed by atoms with Gasteiger partial charge in [0.2, 0.25) is 5.91 Å². The third-order valence-corrected chi connectivity index (χ3v) is 8.58. The lowest BCUT2D eigenvalue weighted by Crippen LogP contribution is -2.56. The molecule has 1 aliphatic heterocycles. The molecular weight excluding hydrogens is 378 g/mol. The van der Waals surface area contributed by atoms with Crippen LogP contribution in [0.1, 0.15) is 61.3 Å². The van der Waals surface area contributed by atoms with E-state index in [1.807, 2.05) is 18.2 Å². The number of halogens is 1. The van der Waals surface area contributed by atoms with Crippen molar-refractivity contribution in [3.8, 4) is 0 Å². The smallest absolute Gasteiger partial charge is 0.229 e. The molecule has 0 N–H and O–H groups in total. The summed E-state index contributed by atoms with van der Waals surface area (Å²) in [4.78, 5) is 16.4. The SMILES string of the molecule is O=C(N1CCc2ccccc2[C@@H]1c1ccccc1Cl)C12CC3CC(CC(C3)C1)C2. The van der Waals surface area contributed by atoms with Gasteiger partial charge in [0.15, 0.2) is 0 Å². The molecular formula is C26H28ClNO. The van der Waals surface area contributed by atoms with E-state index in [2.05, 4.69) is 35.2 Å². The Morgan fingerprint density at radius 3 is 2.10 bits per heavy atom. The average Bonchev–Trinajstić information content (AvgIpc) is 2.72. The number of fused-ring (bicyclic) bond motifs is 1. The molecule has 1 heterocycles. The predicted molar refractivity (Wildman–Crippen MR) is 116 cm³/mol. The Balaban J connectivity index is 1.43. The maximum Gasteiger partial charge on any atom is 0.229 e. The Labute approximate surface area is 178 Å². The first-order valence-corrected chi connectivity index (χ1v) is 11.6. The molecule has 0 spiro atoms. The second-order valence-corrected chi connectivity index (χ2v) is 10.5. The lowest BCUT2D eigenvalue weighted by Gasteiger charge is -2.57. The molecule has 2 nitrogen and oxygen atoms in total. The fourth-order valence-corrected chi connectivity index (χ4v) is 7.73. The van der Waals surface area contributed by atoms with Gasteiger partial charge in [-0.15, -0.1) is 0 Å². The fraction of sp³-hybridized carbons (Fsp3) is 0.500. The Hall–Kier alpha value is -1.80. The summed E-state index contributed by atoms with van der Waals surface area (Å²) in [6, 6.07) is 16.7. The zero-order valence-electron chi connectivity index (χ0n) is 16.8. The molecule has 3 heteroatoms. The van der Waals surface area contributed by atoms with E-state index in [9.17, 15) is 4.79 Å². The minimum Gasteiger partial charge on any atom is -0.331 e. The molecule has 7 rings (SSSR count). The first-order valence-electron chi connectivity index (χ1n) is 11.3. The summed E-state index contributed by atoms with van der Waals surface area (Å²) in [5.74, 6) is 2.75. The highest BCUT2D eigenvalue weighted by molar-refractivity contribution is 6.31. The van der Waals surface area contributed by atoms with Gasteiger partial charge < -0.3 is 4.90 Å². The third kappa shape index (κ3) is 2.79. The Kier molecular flexibility index (Phi) is 4.10. The standard InChI is InChI=1S/C26H28ClNO/c27-23-8-4-3-7-22(23)24-21-6-2-1-5-20(21)9-10-28(24)25(29)26-14-17-11-18(15-26)13-19(12-17)16-26/h1-8,17-19,24H,9-16H2/t17?,18?,19?,24-,26?/m1/s1. The fourth-order valence-electron chi connectivity index (χ4n) is 7.49. The number of nitrogens with zero attached hydrogens (tertiary/aromatic N) is 1. The zero-order chi connectivity index (χ0) is 19.6. The Morgan fingerprint density at radius 2 is 1.45 bits per heavy atom. The van der Waals surface area contributed by atoms with Gasteiger partial charge >= 0.3 is 0 Å². The molecule has 2 aromatic rings. The molecule has 0 aromatic heterocycles. The zero-order valence-corrected chi connectivity index (χ0v) is 17.6. The lowest BCUT2D eigenvalue weighted by atomic mass is 9.49. The van der Waals surface area contributed by atoms with Crippen molar-refractivity contribution in [1.29, 1.82) is 0 Å². The van der Waals surface area contributed by atoms with Gasteiger partial charge in [-0.3, -0.25) is 4.79 Å². The van der Waals surface area contributed by atoms with Crippen molar-refractivity contribution < 1.29 is 4.79 Å². The van der Waals surface area contributed by atoms with E-state index < -0.39 is 0 Å². The summed E-state index contributed by atoms with van der Waals surface area (Å²) in [7, 11) is 0. The van der Waals surface area contributed by atoms with Crippen LogP contribution in [0.15, 0.2) is 48.5 Å². The number of rotatable bonds is 2. The van der Waals surface area contributed by atoms with E-state index in [0.29, 0.717) is 5.91 Å². The van der Waals surface area contributed by atoms with Gasteiger partial charge in [-0.1, -0.05) is 54.1 Å². The van der Waals surface area contributed by atoms with Crippen molar-refractivity contribution in [1.82, 2.24) is 4.90 Å². The molecule has 1 atom stereocenters. The van der Waals surface area contributed by atoms with E-state index >= 15 is 0 Å². The number of benzene rings is 2. The summed E-state index contributed by atoms with van der Waals surface area (Å²) >= 11 is 6.68. The summed E-state index contributed by atoms with van der Waals surface area (Å²) in [6.45, 7) is 0.799. The number of carbonyl (C=O) groups excluding carboxylic acids is 1. The minimum absolute atomic E-state index is 0.0610. The lowest BCUT2D eigenvalue weighted by molar-refractivity contribution is -0.159. The number of amides is 1. The van der Waals surface area contributed by atoms with Gasteiger partial charge in [-0.2, -0.15) is 0 Å². The van der Waals surface area contributed by atoms with Crippen LogP contribution in [0.2, 0.25) is 5.02 Å². The van der Waals surface area contributed by atoms with E-state index in [4.69, 9.17) is 11.6 Å². The maximum absolute atomic E-state index is 14.2. The van der Waals surface area contributed by atoms with E-state index in [0.717, 1.165) is 60.6 Å². The van der Waals surface area contributed by atoms with Crippen molar-refractivity contribution >= 4 is 17.5 Å². The largest absolute Gasteiger partial charge is 0.331 e. The van der Waals surface area contributed by atoms with Gasteiger partial charge in [-0.05, 0) is 85.5 Å². The Morgan fingerprint density at radius 1 is 0.862 bits per heavy atom. The molecule has 150 valence electrons. The average molecular weight is 406 g/mol. The van der Waals surface area contributed by atoms with Gasteiger partial charge in [0.05, 0.1) is 11.5 Å². The third-order valence-electron chi connectivity index (χ3n) is 8.24. The van der Waals surface area contributed by atoms with Crippen LogP contribution in [-0.4, -0.2) is 17.4 Å². The van der Waals surface area contributed by atoms with Gasteiger partial charge in [-0.25, -0.2) is 0 Å². The van der Waals surface area contributed by atoms with Crippen molar-refractivity contribution in [3.63, 3.8) is 0 Å². The van der Waals surface area contributed by atoms with Crippen molar-refractivity contribution in [3.05, 3.63) is 70.2 Å². The highest BCUT2D eigenvalue weighted by Crippen LogP contribution is 2.61. The van der Waals surface area contributed by atoms with Gasteiger partial charge in [0.1, 0.15) is 0 Å². The van der Waals surface area contributed by atoms with Crippen LogP contribution in [0.5, 0.6) is 0 Å². The molecule has 0 saturated heterocycles. The van der Waals surface area contributed by atoms with Crippen LogP contribution in [0.4, 0.5) is 0 Å². The van der Waals surface area contributed by atoms with Crippen LogP contribution in [0.3, 0.4) is 0 Å². The van der Waals surface area contributed by atoms with Crippen molar-refractivity contribution in [2.45, 2.75) is 51.0 Å². The second kappa shape index (κ2) is 6.60. The molecule has 29 heavy (non-hydrogen) atoms. The molecule has 4 saturated carbocycles. The number of carbonyl (C=O) groups is 1. The molecule has 4 fully saturated rings. The van der Waals surface area contributed by atoms with Crippen LogP contribution < -0.4 is 0 Å². The van der Waals surface area contributed by atoms with E-state index in [-0.39, 0.29) is 11.5 Å². The molecule has 1 amide bonds. The second-order valence-electron chi connectivity index (χ2n) is 10.1. The quantitative estimate of drug-likeness (QED) is 0.597. The molecule has 4 aliphatic carbocycles. The number of hydrogen-bond acceptors (Lipinski definition) is 1. The molecule has 0 radical (unpaired) electrons.